The van der Waals surface area contributed by atoms with Crippen LogP contribution in [0.2, 0.25) is 0 Å². The molecule has 2 N–H and O–H groups in total. The lowest BCUT2D eigenvalue weighted by molar-refractivity contribution is 0.0730. The number of methoxy groups -OCH3 is 1. The van der Waals surface area contributed by atoms with Crippen LogP contribution < -0.4 is 15.5 Å². The van der Waals surface area contributed by atoms with Crippen molar-refractivity contribution < 1.29 is 4.74 Å². The van der Waals surface area contributed by atoms with Crippen molar-refractivity contribution in [3.8, 4) is 6.07 Å². The van der Waals surface area contributed by atoms with Crippen molar-refractivity contribution in [3.05, 3.63) is 59.4 Å². The number of hydrogen-bond donors (Lipinski definition) is 1. The molecule has 1 aromatic carbocycles. The number of piperidine rings is 1. The zero-order chi connectivity index (χ0) is 23.4. The molecule has 34 heavy (non-hydrogen) atoms. The number of anilines is 2. The van der Waals surface area contributed by atoms with Crippen LogP contribution in [-0.4, -0.2) is 66.0 Å². The molecular formula is C26H31N7O. The van der Waals surface area contributed by atoms with Crippen molar-refractivity contribution in [1.29, 1.82) is 5.26 Å². The molecule has 3 aliphatic heterocycles. The molecule has 3 aliphatic rings. The van der Waals surface area contributed by atoms with E-state index in [2.05, 4.69) is 57.1 Å². The van der Waals surface area contributed by atoms with Crippen molar-refractivity contribution in [2.24, 2.45) is 5.73 Å². The number of nitrogens with zero attached hydrogens (tertiary/aromatic N) is 6. The molecule has 6 rings (SSSR count). The molecule has 0 radical (unpaired) electrons. The molecule has 3 aromatic rings. The van der Waals surface area contributed by atoms with E-state index in [-0.39, 0.29) is 12.1 Å². The van der Waals surface area contributed by atoms with Crippen molar-refractivity contribution in [3.63, 3.8) is 0 Å². The van der Waals surface area contributed by atoms with Gasteiger partial charge < -0.3 is 20.3 Å². The predicted molar refractivity (Wildman–Crippen MR) is 132 cm³/mol. The Bertz CT molecular complexity index is 1260. The van der Waals surface area contributed by atoms with Gasteiger partial charge in [-0.2, -0.15) is 10.4 Å². The summed E-state index contributed by atoms with van der Waals surface area (Å²) in [5.74, 6) is 0. The van der Waals surface area contributed by atoms with E-state index in [9.17, 15) is 5.26 Å². The van der Waals surface area contributed by atoms with E-state index >= 15 is 0 Å². The number of hydrogen-bond acceptors (Lipinski definition) is 7. The molecule has 0 unspecified atom stereocenters. The van der Waals surface area contributed by atoms with Gasteiger partial charge in [0.05, 0.1) is 29.5 Å². The van der Waals surface area contributed by atoms with Gasteiger partial charge in [-0.15, -0.1) is 0 Å². The number of ether oxygens (including phenoxy) is 1. The second-order valence-corrected chi connectivity index (χ2v) is 9.84. The van der Waals surface area contributed by atoms with E-state index in [4.69, 9.17) is 10.5 Å². The standard InChI is InChI=1S/C26H31N7O/c1-17-13-31(23-6-4-20(12-27)33-24(23)7-9-29-33)15-25-21-5-3-19(11-18(21)14-32(17)25)30-10-8-22(28)26(16-30)34-2/h3-7,9,11,17,22,25-26H,8,10,13-16,28H2,1-2H3/t17-,22-,25-,26-/m1/s1. The number of rotatable bonds is 3. The van der Waals surface area contributed by atoms with Crippen molar-refractivity contribution in [2.75, 3.05) is 43.1 Å². The minimum Gasteiger partial charge on any atom is -0.378 e. The summed E-state index contributed by atoms with van der Waals surface area (Å²) in [7, 11) is 1.76. The van der Waals surface area contributed by atoms with Gasteiger partial charge in [0.25, 0.3) is 0 Å². The summed E-state index contributed by atoms with van der Waals surface area (Å²) < 4.78 is 7.38. The van der Waals surface area contributed by atoms with Gasteiger partial charge >= 0.3 is 0 Å². The van der Waals surface area contributed by atoms with E-state index in [0.717, 1.165) is 50.3 Å². The summed E-state index contributed by atoms with van der Waals surface area (Å²) in [5, 5.41) is 13.8. The third-order valence-corrected chi connectivity index (χ3v) is 7.95. The highest BCUT2D eigenvalue weighted by molar-refractivity contribution is 5.74. The number of aromatic nitrogens is 2. The molecule has 0 aliphatic carbocycles. The minimum absolute atomic E-state index is 0.0784. The van der Waals surface area contributed by atoms with Crippen LogP contribution in [0.1, 0.15) is 36.2 Å². The highest BCUT2D eigenvalue weighted by Gasteiger charge is 2.39. The van der Waals surface area contributed by atoms with Gasteiger partial charge in [0.15, 0.2) is 0 Å². The second kappa shape index (κ2) is 8.27. The van der Waals surface area contributed by atoms with Crippen molar-refractivity contribution in [1.82, 2.24) is 14.5 Å². The van der Waals surface area contributed by atoms with Gasteiger partial charge in [0, 0.05) is 57.6 Å². The number of fused-ring (bicyclic) bond motifs is 4. The van der Waals surface area contributed by atoms with E-state index < -0.39 is 0 Å². The average molecular weight is 458 g/mol. The highest BCUT2D eigenvalue weighted by Crippen LogP contribution is 2.42. The van der Waals surface area contributed by atoms with E-state index in [1.165, 1.54) is 16.8 Å². The summed E-state index contributed by atoms with van der Waals surface area (Å²) in [6.07, 6.45) is 2.80. The molecule has 8 nitrogen and oxygen atoms in total. The SMILES string of the molecule is CO[C@@H]1CN(c2ccc3c(c2)CN2[C@H](C)CN(c4ccc(C#N)n5nccc45)C[C@H]32)CC[C@H]1N. The number of nitrogens with two attached hydrogens (primary N) is 1. The maximum absolute atomic E-state index is 9.44. The Labute approximate surface area is 200 Å². The van der Waals surface area contributed by atoms with E-state index in [0.29, 0.717) is 17.8 Å². The van der Waals surface area contributed by atoms with Crippen molar-refractivity contribution >= 4 is 16.9 Å². The van der Waals surface area contributed by atoms with Crippen LogP contribution >= 0.6 is 0 Å². The molecule has 0 saturated carbocycles. The first-order valence-electron chi connectivity index (χ1n) is 12.1. The topological polar surface area (TPSA) is 86.1 Å². The van der Waals surface area contributed by atoms with Crippen LogP contribution in [0.4, 0.5) is 11.4 Å². The maximum Gasteiger partial charge on any atom is 0.142 e. The highest BCUT2D eigenvalue weighted by atomic mass is 16.5. The normalized spacial score (nSPS) is 27.0. The Morgan fingerprint density at radius 1 is 1.12 bits per heavy atom. The number of piperazine rings is 1. The number of benzene rings is 1. The second-order valence-electron chi connectivity index (χ2n) is 9.84. The zero-order valence-electron chi connectivity index (χ0n) is 19.8. The lowest BCUT2D eigenvalue weighted by Crippen LogP contribution is -2.51. The largest absolute Gasteiger partial charge is 0.378 e. The lowest BCUT2D eigenvalue weighted by Gasteiger charge is -2.43. The quantitative estimate of drug-likeness (QED) is 0.647. The fourth-order valence-corrected chi connectivity index (χ4v) is 6.08. The lowest BCUT2D eigenvalue weighted by atomic mass is 9.98. The molecule has 8 heteroatoms. The molecule has 2 aromatic heterocycles. The van der Waals surface area contributed by atoms with Gasteiger partial charge in [-0.3, -0.25) is 4.90 Å². The molecule has 2 fully saturated rings. The monoisotopic (exact) mass is 457 g/mol. The fraction of sp³-hybridized carbons (Fsp3) is 0.462. The summed E-state index contributed by atoms with van der Waals surface area (Å²) in [6.45, 7) is 6.99. The Kier molecular flexibility index (Phi) is 5.21. The number of pyridine rings is 1. The first kappa shape index (κ1) is 21.4. The van der Waals surface area contributed by atoms with Gasteiger partial charge in [0.1, 0.15) is 11.8 Å². The van der Waals surface area contributed by atoms with Gasteiger partial charge in [-0.05, 0) is 54.8 Å². The molecule has 176 valence electrons. The van der Waals surface area contributed by atoms with Crippen LogP contribution in [0.3, 0.4) is 0 Å². The Balaban J connectivity index is 1.28. The van der Waals surface area contributed by atoms with E-state index in [1.54, 1.807) is 17.8 Å². The molecular weight excluding hydrogens is 426 g/mol. The molecule has 0 amide bonds. The summed E-state index contributed by atoms with van der Waals surface area (Å²) >= 11 is 0. The number of nitriles is 1. The van der Waals surface area contributed by atoms with E-state index in [1.807, 2.05) is 12.1 Å². The van der Waals surface area contributed by atoms with Gasteiger partial charge in [-0.25, -0.2) is 4.52 Å². The van der Waals surface area contributed by atoms with Crippen molar-refractivity contribution in [2.45, 2.75) is 44.1 Å². The molecule has 0 spiro atoms. The average Bonchev–Trinajstić information content (AvgIpc) is 3.49. The summed E-state index contributed by atoms with van der Waals surface area (Å²) in [6, 6.07) is 16.0. The Hall–Kier alpha value is -3.12. The molecule has 4 atom stereocenters. The Morgan fingerprint density at radius 3 is 2.82 bits per heavy atom. The summed E-state index contributed by atoms with van der Waals surface area (Å²) in [4.78, 5) is 7.51. The van der Waals surface area contributed by atoms with Crippen LogP contribution in [0.15, 0.2) is 42.6 Å². The van der Waals surface area contributed by atoms with Crippen LogP contribution in [0, 0.1) is 11.3 Å². The van der Waals surface area contributed by atoms with Crippen LogP contribution in [0.5, 0.6) is 0 Å². The zero-order valence-corrected chi connectivity index (χ0v) is 19.8. The first-order valence-corrected chi connectivity index (χ1v) is 12.1. The minimum atomic E-state index is 0.0784. The molecule has 2 saturated heterocycles. The molecule has 5 heterocycles. The first-order chi connectivity index (χ1) is 16.6. The third-order valence-electron chi connectivity index (χ3n) is 7.95. The third kappa shape index (κ3) is 3.35. The van der Waals surface area contributed by atoms with Gasteiger partial charge in [0.2, 0.25) is 0 Å². The summed E-state index contributed by atoms with van der Waals surface area (Å²) in [5.41, 5.74) is 13.0. The van der Waals surface area contributed by atoms with Gasteiger partial charge in [-0.1, -0.05) is 6.07 Å². The van der Waals surface area contributed by atoms with Crippen LogP contribution in [0.25, 0.3) is 5.52 Å². The smallest absolute Gasteiger partial charge is 0.142 e. The fourth-order valence-electron chi connectivity index (χ4n) is 6.08. The molecule has 0 bridgehead atoms. The Morgan fingerprint density at radius 2 is 2.00 bits per heavy atom. The maximum atomic E-state index is 9.44. The predicted octanol–water partition coefficient (Wildman–Crippen LogP) is 2.52. The van der Waals surface area contributed by atoms with Crippen LogP contribution in [-0.2, 0) is 11.3 Å².